The normalized spacial score (nSPS) is 14.6. The van der Waals surface area contributed by atoms with Gasteiger partial charge >= 0.3 is 0 Å². The van der Waals surface area contributed by atoms with Gasteiger partial charge in [-0.05, 0) is 62.3 Å². The second-order valence-corrected chi connectivity index (χ2v) is 8.35. The molecule has 30 heavy (non-hydrogen) atoms. The zero-order chi connectivity index (χ0) is 20.8. The largest absolute Gasteiger partial charge is 0.497 e. The molecule has 1 saturated heterocycles. The lowest BCUT2D eigenvalue weighted by atomic mass is 10.1. The summed E-state index contributed by atoms with van der Waals surface area (Å²) in [4.78, 5) is 2.55. The fraction of sp³-hybridized carbons (Fsp3) is 0.391. The lowest BCUT2D eigenvalue weighted by Crippen LogP contribution is -2.31. The molecule has 0 saturated carbocycles. The van der Waals surface area contributed by atoms with Crippen molar-refractivity contribution < 1.29 is 9.47 Å². The van der Waals surface area contributed by atoms with Crippen molar-refractivity contribution in [1.29, 1.82) is 0 Å². The maximum absolute atomic E-state index is 5.58. The predicted molar refractivity (Wildman–Crippen MR) is 121 cm³/mol. The maximum Gasteiger partial charge on any atom is 0.196 e. The summed E-state index contributed by atoms with van der Waals surface area (Å²) >= 11 is 1.75. The van der Waals surface area contributed by atoms with Gasteiger partial charge in [-0.15, -0.1) is 10.2 Å². The molecule has 0 atom stereocenters. The van der Waals surface area contributed by atoms with E-state index in [0.717, 1.165) is 46.0 Å². The van der Waals surface area contributed by atoms with Gasteiger partial charge < -0.3 is 14.4 Å². The lowest BCUT2D eigenvalue weighted by molar-refractivity contribution is 0.242. The van der Waals surface area contributed by atoms with Crippen molar-refractivity contribution in [3.63, 3.8) is 0 Å². The minimum absolute atomic E-state index is 0.776. The highest BCUT2D eigenvalue weighted by Gasteiger charge is 2.19. The highest BCUT2D eigenvalue weighted by molar-refractivity contribution is 7.99. The van der Waals surface area contributed by atoms with Crippen LogP contribution in [0.4, 0.5) is 0 Å². The van der Waals surface area contributed by atoms with Crippen molar-refractivity contribution in [2.45, 2.75) is 24.4 Å². The molecule has 1 fully saturated rings. The van der Waals surface area contributed by atoms with E-state index in [1.807, 2.05) is 48.5 Å². The van der Waals surface area contributed by atoms with Crippen LogP contribution in [0.5, 0.6) is 11.5 Å². The van der Waals surface area contributed by atoms with Crippen molar-refractivity contribution in [1.82, 2.24) is 19.7 Å². The molecule has 1 aliphatic rings. The molecule has 158 valence electrons. The Bertz CT molecular complexity index is 952. The van der Waals surface area contributed by atoms with Crippen LogP contribution in [0.2, 0.25) is 0 Å². The third kappa shape index (κ3) is 4.63. The third-order valence-corrected chi connectivity index (χ3v) is 6.31. The van der Waals surface area contributed by atoms with Crippen LogP contribution in [-0.4, -0.2) is 59.3 Å². The zero-order valence-corrected chi connectivity index (χ0v) is 18.4. The molecule has 2 heterocycles. The number of aromatic nitrogens is 3. The second kappa shape index (κ2) is 10.00. The van der Waals surface area contributed by atoms with Crippen LogP contribution < -0.4 is 9.47 Å². The fourth-order valence-electron chi connectivity index (χ4n) is 3.78. The summed E-state index contributed by atoms with van der Waals surface area (Å²) in [6, 6.07) is 15.9. The monoisotopic (exact) mass is 424 g/mol. The summed E-state index contributed by atoms with van der Waals surface area (Å²) in [7, 11) is 3.36. The molecule has 1 aromatic heterocycles. The van der Waals surface area contributed by atoms with E-state index < -0.39 is 0 Å². The molecule has 7 heteroatoms. The number of ether oxygens (including phenoxy) is 2. The van der Waals surface area contributed by atoms with Gasteiger partial charge in [0.25, 0.3) is 0 Å². The first-order valence-electron chi connectivity index (χ1n) is 10.4. The van der Waals surface area contributed by atoms with Gasteiger partial charge in [0.1, 0.15) is 11.5 Å². The molecule has 0 unspecified atom stereocenters. The molecule has 3 aromatic rings. The summed E-state index contributed by atoms with van der Waals surface area (Å²) in [5.74, 6) is 3.37. The van der Waals surface area contributed by atoms with Crippen molar-refractivity contribution in [2.24, 2.45) is 0 Å². The van der Waals surface area contributed by atoms with E-state index in [1.54, 1.807) is 26.0 Å². The van der Waals surface area contributed by atoms with E-state index in [9.17, 15) is 0 Å². The Hall–Kier alpha value is -2.51. The number of likely N-dealkylation sites (tertiary alicyclic amines) is 1. The maximum atomic E-state index is 5.58. The number of hydrogen-bond donors (Lipinski definition) is 0. The van der Waals surface area contributed by atoms with E-state index in [0.29, 0.717) is 0 Å². The first kappa shape index (κ1) is 20.8. The zero-order valence-electron chi connectivity index (χ0n) is 17.6. The van der Waals surface area contributed by atoms with E-state index in [1.165, 1.54) is 32.4 Å². The highest BCUT2D eigenvalue weighted by Crippen LogP contribution is 2.33. The van der Waals surface area contributed by atoms with Crippen molar-refractivity contribution in [3.8, 4) is 28.6 Å². The molecule has 0 radical (unpaired) electrons. The number of benzene rings is 2. The van der Waals surface area contributed by atoms with Crippen molar-refractivity contribution in [2.75, 3.05) is 39.6 Å². The van der Waals surface area contributed by atoms with E-state index in [2.05, 4.69) is 19.7 Å². The van der Waals surface area contributed by atoms with Crippen LogP contribution in [0.25, 0.3) is 17.1 Å². The van der Waals surface area contributed by atoms with Gasteiger partial charge in [-0.1, -0.05) is 30.3 Å². The van der Waals surface area contributed by atoms with Gasteiger partial charge in [0.15, 0.2) is 11.0 Å². The average Bonchev–Trinajstić information content (AvgIpc) is 3.23. The third-order valence-electron chi connectivity index (χ3n) is 5.40. The Morgan fingerprint density at radius 2 is 1.67 bits per heavy atom. The average molecular weight is 425 g/mol. The summed E-state index contributed by atoms with van der Waals surface area (Å²) < 4.78 is 13.0. The lowest BCUT2D eigenvalue weighted by Gasteiger charge is -2.25. The predicted octanol–water partition coefficient (Wildman–Crippen LogP) is 4.53. The fourth-order valence-corrected chi connectivity index (χ4v) is 4.73. The number of hydrogen-bond acceptors (Lipinski definition) is 6. The summed E-state index contributed by atoms with van der Waals surface area (Å²) in [5, 5.41) is 9.97. The Kier molecular flexibility index (Phi) is 6.92. The Morgan fingerprint density at radius 1 is 0.900 bits per heavy atom. The molecule has 6 nitrogen and oxygen atoms in total. The molecule has 1 aliphatic heterocycles. The van der Waals surface area contributed by atoms with Gasteiger partial charge in [0.05, 0.1) is 25.5 Å². The molecule has 2 aromatic carbocycles. The SMILES string of the molecule is COc1ccc(-n2c(SCCN3CCCCC3)nnc2-c2ccccc2OC)cc1. The minimum atomic E-state index is 0.776. The van der Waals surface area contributed by atoms with Crippen LogP contribution in [0.15, 0.2) is 53.7 Å². The Labute approximate surface area is 182 Å². The van der Waals surface area contributed by atoms with E-state index >= 15 is 0 Å². The van der Waals surface area contributed by atoms with Gasteiger partial charge in [-0.3, -0.25) is 4.57 Å². The topological polar surface area (TPSA) is 52.4 Å². The molecule has 0 spiro atoms. The van der Waals surface area contributed by atoms with Crippen molar-refractivity contribution >= 4 is 11.8 Å². The molecule has 0 bridgehead atoms. The second-order valence-electron chi connectivity index (χ2n) is 7.29. The summed E-state index contributed by atoms with van der Waals surface area (Å²) in [6.07, 6.45) is 3.98. The molecule has 0 aliphatic carbocycles. The quantitative estimate of drug-likeness (QED) is 0.495. The van der Waals surface area contributed by atoms with Gasteiger partial charge in [0, 0.05) is 12.3 Å². The van der Waals surface area contributed by atoms with E-state index in [-0.39, 0.29) is 0 Å². The number of nitrogens with zero attached hydrogens (tertiary/aromatic N) is 4. The minimum Gasteiger partial charge on any atom is -0.497 e. The first-order chi connectivity index (χ1) is 14.8. The number of rotatable bonds is 8. The molecule has 0 N–H and O–H groups in total. The number of para-hydroxylation sites is 1. The van der Waals surface area contributed by atoms with Crippen LogP contribution in [-0.2, 0) is 0 Å². The smallest absolute Gasteiger partial charge is 0.196 e. The number of methoxy groups -OCH3 is 2. The summed E-state index contributed by atoms with van der Waals surface area (Å²) in [5.41, 5.74) is 1.92. The van der Waals surface area contributed by atoms with Crippen molar-refractivity contribution in [3.05, 3.63) is 48.5 Å². The van der Waals surface area contributed by atoms with Crippen LogP contribution in [0.1, 0.15) is 19.3 Å². The molecule has 4 rings (SSSR count). The van der Waals surface area contributed by atoms with E-state index in [4.69, 9.17) is 9.47 Å². The van der Waals surface area contributed by atoms with Crippen LogP contribution in [0, 0.1) is 0 Å². The van der Waals surface area contributed by atoms with Gasteiger partial charge in [0.2, 0.25) is 0 Å². The first-order valence-corrected chi connectivity index (χ1v) is 11.4. The number of piperidine rings is 1. The Balaban J connectivity index is 1.64. The molecular weight excluding hydrogens is 396 g/mol. The molecule has 0 amide bonds. The number of thioether (sulfide) groups is 1. The van der Waals surface area contributed by atoms with Crippen LogP contribution in [0.3, 0.4) is 0 Å². The summed E-state index contributed by atoms with van der Waals surface area (Å²) in [6.45, 7) is 3.49. The Morgan fingerprint density at radius 3 is 2.40 bits per heavy atom. The molecular formula is C23H28N4O2S. The van der Waals surface area contributed by atoms with Gasteiger partial charge in [-0.25, -0.2) is 0 Å². The standard InChI is InChI=1S/C23H28N4O2S/c1-28-19-12-10-18(11-13-19)27-22(20-8-4-5-9-21(20)29-2)24-25-23(27)30-17-16-26-14-6-3-7-15-26/h4-5,8-13H,3,6-7,14-17H2,1-2H3. The van der Waals surface area contributed by atoms with Crippen LogP contribution >= 0.6 is 11.8 Å². The van der Waals surface area contributed by atoms with Gasteiger partial charge in [-0.2, -0.15) is 0 Å². The highest BCUT2D eigenvalue weighted by atomic mass is 32.2.